The van der Waals surface area contributed by atoms with E-state index in [9.17, 15) is 0 Å². The summed E-state index contributed by atoms with van der Waals surface area (Å²) in [6.45, 7) is 3.58. The molecule has 0 fully saturated rings. The smallest absolute Gasteiger partial charge is 0.0909 e. The highest BCUT2D eigenvalue weighted by Gasteiger charge is 2.18. The fourth-order valence-corrected chi connectivity index (χ4v) is 1.22. The highest BCUT2D eigenvalue weighted by molar-refractivity contribution is 5.61. The van der Waals surface area contributed by atoms with Gasteiger partial charge in [-0.1, -0.05) is 24.8 Å². The molecule has 2 N–H and O–H groups in total. The fraction of sp³-hybridized carbons (Fsp3) is 0.300. The van der Waals surface area contributed by atoms with Gasteiger partial charge in [-0.25, -0.2) is 0 Å². The van der Waals surface area contributed by atoms with Crippen LogP contribution in [0, 0.1) is 0 Å². The van der Waals surface area contributed by atoms with Gasteiger partial charge in [0.25, 0.3) is 0 Å². The molecule has 1 rings (SSSR count). The Morgan fingerprint density at radius 2 is 2.46 bits per heavy atom. The molecule has 0 bridgehead atoms. The van der Waals surface area contributed by atoms with Crippen molar-refractivity contribution in [3.05, 3.63) is 36.6 Å². The molecule has 70 valence electrons. The topological polar surface area (TPSA) is 41.6 Å². The van der Waals surface area contributed by atoms with Gasteiger partial charge in [0.2, 0.25) is 0 Å². The highest BCUT2D eigenvalue weighted by Crippen LogP contribution is 2.13. The Labute approximate surface area is 78.9 Å². The predicted octanol–water partition coefficient (Wildman–Crippen LogP) is 1.26. The van der Waals surface area contributed by atoms with E-state index in [0.29, 0.717) is 0 Å². The summed E-state index contributed by atoms with van der Waals surface area (Å²) in [6, 6.07) is 0.217. The summed E-state index contributed by atoms with van der Waals surface area (Å²) in [7, 11) is 1.92. The molecule has 1 unspecified atom stereocenters. The summed E-state index contributed by atoms with van der Waals surface area (Å²) in [5.41, 5.74) is 6.70. The van der Waals surface area contributed by atoms with Crippen LogP contribution in [-0.4, -0.2) is 24.3 Å². The third-order valence-electron chi connectivity index (χ3n) is 1.96. The number of nitrogens with zero attached hydrogens (tertiary/aromatic N) is 2. The average Bonchev–Trinajstić information content (AvgIpc) is 2.52. The van der Waals surface area contributed by atoms with E-state index in [-0.39, 0.29) is 6.04 Å². The molecule has 0 saturated carbocycles. The Morgan fingerprint density at radius 1 is 1.69 bits per heavy atom. The summed E-state index contributed by atoms with van der Waals surface area (Å²) in [5.74, 6) is 0. The lowest BCUT2D eigenvalue weighted by Crippen LogP contribution is -2.28. The summed E-state index contributed by atoms with van der Waals surface area (Å²) in [6.07, 6.45) is 10.1. The Morgan fingerprint density at radius 3 is 3.00 bits per heavy atom. The second-order valence-corrected chi connectivity index (χ2v) is 2.91. The number of hydrogen-bond acceptors (Lipinski definition) is 3. The minimum atomic E-state index is 0.217. The molecule has 0 spiro atoms. The maximum atomic E-state index is 5.86. The molecule has 0 aromatic rings. The van der Waals surface area contributed by atoms with Gasteiger partial charge in [-0.3, -0.25) is 5.01 Å². The molecule has 1 heterocycles. The number of hydrogen-bond donors (Lipinski definition) is 1. The summed E-state index contributed by atoms with van der Waals surface area (Å²) in [4.78, 5) is 0. The van der Waals surface area contributed by atoms with Crippen molar-refractivity contribution >= 4 is 6.21 Å². The van der Waals surface area contributed by atoms with Crippen molar-refractivity contribution in [3.63, 3.8) is 0 Å². The van der Waals surface area contributed by atoms with Gasteiger partial charge >= 0.3 is 0 Å². The van der Waals surface area contributed by atoms with Gasteiger partial charge in [0.1, 0.15) is 0 Å². The van der Waals surface area contributed by atoms with Crippen LogP contribution in [0.15, 0.2) is 41.7 Å². The van der Waals surface area contributed by atoms with Crippen LogP contribution >= 0.6 is 0 Å². The van der Waals surface area contributed by atoms with Crippen molar-refractivity contribution in [2.24, 2.45) is 10.8 Å². The first-order chi connectivity index (χ1) is 6.25. The maximum Gasteiger partial charge on any atom is 0.0909 e. The first-order valence-electron chi connectivity index (χ1n) is 4.25. The average molecular weight is 177 g/mol. The zero-order valence-corrected chi connectivity index (χ0v) is 7.85. The quantitative estimate of drug-likeness (QED) is 0.659. The number of hydrazone groups is 1. The van der Waals surface area contributed by atoms with E-state index in [1.807, 2.05) is 36.5 Å². The molecular formula is C10H15N3. The maximum absolute atomic E-state index is 5.86. The first-order valence-corrected chi connectivity index (χ1v) is 4.25. The van der Waals surface area contributed by atoms with Crippen LogP contribution in [0.5, 0.6) is 0 Å². The zero-order valence-electron chi connectivity index (χ0n) is 7.85. The standard InChI is InChI=1S/C10H15N3/c1-3-4-5-6-9(11)10-7-8-12-13(10)2/h3-6,8,10H,1,7,11H2,2H3/b5-4-,9-6-. The van der Waals surface area contributed by atoms with Crippen LogP contribution in [-0.2, 0) is 0 Å². The molecule has 0 amide bonds. The Bertz CT molecular complexity index is 263. The number of allylic oxidation sites excluding steroid dienone is 4. The summed E-state index contributed by atoms with van der Waals surface area (Å²) >= 11 is 0. The van der Waals surface area contributed by atoms with E-state index in [1.54, 1.807) is 6.08 Å². The number of likely N-dealkylation sites (N-methyl/N-ethyl adjacent to an activating group) is 1. The molecule has 3 nitrogen and oxygen atoms in total. The lowest BCUT2D eigenvalue weighted by atomic mass is 10.1. The SMILES string of the molecule is C=C/C=C\C=C(/N)C1CC=NN1C. The molecule has 0 saturated heterocycles. The van der Waals surface area contributed by atoms with Crippen LogP contribution in [0.2, 0.25) is 0 Å². The van der Waals surface area contributed by atoms with Crippen LogP contribution in [0.1, 0.15) is 6.42 Å². The lowest BCUT2D eigenvalue weighted by molar-refractivity contribution is 0.316. The van der Waals surface area contributed by atoms with Crippen LogP contribution in [0.4, 0.5) is 0 Å². The molecular weight excluding hydrogens is 162 g/mol. The van der Waals surface area contributed by atoms with Gasteiger partial charge in [-0.05, 0) is 6.08 Å². The van der Waals surface area contributed by atoms with Crippen molar-refractivity contribution in [1.82, 2.24) is 5.01 Å². The van der Waals surface area contributed by atoms with E-state index in [4.69, 9.17) is 5.73 Å². The molecule has 1 aliphatic rings. The third kappa shape index (κ3) is 2.47. The van der Waals surface area contributed by atoms with E-state index < -0.39 is 0 Å². The largest absolute Gasteiger partial charge is 0.400 e. The molecule has 0 aromatic carbocycles. The van der Waals surface area contributed by atoms with Gasteiger partial charge in [-0.15, -0.1) is 0 Å². The third-order valence-corrected chi connectivity index (χ3v) is 1.96. The van der Waals surface area contributed by atoms with Crippen molar-refractivity contribution in [1.29, 1.82) is 0 Å². The van der Waals surface area contributed by atoms with Crippen LogP contribution < -0.4 is 5.73 Å². The van der Waals surface area contributed by atoms with Crippen LogP contribution in [0.25, 0.3) is 0 Å². The van der Waals surface area contributed by atoms with E-state index in [2.05, 4.69) is 11.7 Å². The molecule has 0 aromatic heterocycles. The Balaban J connectivity index is 2.56. The minimum absolute atomic E-state index is 0.217. The van der Waals surface area contributed by atoms with Gasteiger partial charge in [0.05, 0.1) is 6.04 Å². The number of nitrogens with two attached hydrogens (primary N) is 1. The molecule has 0 radical (unpaired) electrons. The normalized spacial score (nSPS) is 23.0. The monoisotopic (exact) mass is 177 g/mol. The summed E-state index contributed by atoms with van der Waals surface area (Å²) in [5, 5.41) is 5.98. The zero-order chi connectivity index (χ0) is 9.68. The van der Waals surface area contributed by atoms with Crippen molar-refractivity contribution in [3.8, 4) is 0 Å². The van der Waals surface area contributed by atoms with Gasteiger partial charge in [-0.2, -0.15) is 5.10 Å². The summed E-state index contributed by atoms with van der Waals surface area (Å²) < 4.78 is 0. The van der Waals surface area contributed by atoms with Crippen molar-refractivity contribution in [2.45, 2.75) is 12.5 Å². The van der Waals surface area contributed by atoms with Gasteiger partial charge in [0, 0.05) is 25.4 Å². The molecule has 0 aliphatic carbocycles. The first kappa shape index (κ1) is 9.58. The predicted molar refractivity (Wildman–Crippen MR) is 56.3 cm³/mol. The minimum Gasteiger partial charge on any atom is -0.400 e. The fourth-order valence-electron chi connectivity index (χ4n) is 1.22. The van der Waals surface area contributed by atoms with Gasteiger partial charge in [0.15, 0.2) is 0 Å². The second kappa shape index (κ2) is 4.50. The molecule has 13 heavy (non-hydrogen) atoms. The van der Waals surface area contributed by atoms with Crippen LogP contribution in [0.3, 0.4) is 0 Å². The van der Waals surface area contributed by atoms with Gasteiger partial charge < -0.3 is 5.73 Å². The number of rotatable bonds is 3. The molecule has 1 atom stereocenters. The van der Waals surface area contributed by atoms with E-state index in [1.165, 1.54) is 0 Å². The van der Waals surface area contributed by atoms with E-state index in [0.717, 1.165) is 12.1 Å². The van der Waals surface area contributed by atoms with Crippen molar-refractivity contribution in [2.75, 3.05) is 7.05 Å². The molecule has 3 heteroatoms. The van der Waals surface area contributed by atoms with Crippen molar-refractivity contribution < 1.29 is 0 Å². The molecule has 1 aliphatic heterocycles. The Kier molecular flexibility index (Phi) is 3.31. The Hall–Kier alpha value is -1.51. The highest BCUT2D eigenvalue weighted by atomic mass is 15.5. The lowest BCUT2D eigenvalue weighted by Gasteiger charge is -2.18. The second-order valence-electron chi connectivity index (χ2n) is 2.91. The van der Waals surface area contributed by atoms with E-state index >= 15 is 0 Å².